The number of aliphatic hydroxyl groups excluding tert-OH is 1. The lowest BCUT2D eigenvalue weighted by Crippen LogP contribution is -2.33. The molecule has 1 saturated carbocycles. The number of aromatic carboxylic acids is 1. The second-order valence-electron chi connectivity index (χ2n) is 4.94. The lowest BCUT2D eigenvalue weighted by Gasteiger charge is -2.31. The van der Waals surface area contributed by atoms with Crippen molar-refractivity contribution in [1.29, 1.82) is 0 Å². The van der Waals surface area contributed by atoms with Gasteiger partial charge >= 0.3 is 12.1 Å². The number of alkyl halides is 3. The number of rotatable bonds is 4. The first kappa shape index (κ1) is 14.6. The van der Waals surface area contributed by atoms with Gasteiger partial charge in [-0.15, -0.1) is 0 Å². The highest BCUT2D eigenvalue weighted by Gasteiger charge is 2.32. The van der Waals surface area contributed by atoms with E-state index in [2.05, 4.69) is 5.32 Å². The molecule has 110 valence electrons. The Hall–Kier alpha value is -1.76. The van der Waals surface area contributed by atoms with Crippen molar-refractivity contribution in [3.8, 4) is 0 Å². The molecule has 1 aromatic carbocycles. The number of benzene rings is 1. The smallest absolute Gasteiger partial charge is 0.416 e. The van der Waals surface area contributed by atoms with Gasteiger partial charge in [0.25, 0.3) is 0 Å². The van der Waals surface area contributed by atoms with Crippen molar-refractivity contribution in [1.82, 2.24) is 0 Å². The third-order valence-electron chi connectivity index (χ3n) is 3.37. The van der Waals surface area contributed by atoms with E-state index in [1.807, 2.05) is 0 Å². The number of hydrogen-bond donors (Lipinski definition) is 3. The summed E-state index contributed by atoms with van der Waals surface area (Å²) >= 11 is 0. The predicted molar refractivity (Wildman–Crippen MR) is 65.6 cm³/mol. The van der Waals surface area contributed by atoms with Crippen LogP contribution in [0.4, 0.5) is 18.9 Å². The highest BCUT2D eigenvalue weighted by atomic mass is 19.4. The van der Waals surface area contributed by atoms with E-state index in [1.165, 1.54) is 0 Å². The van der Waals surface area contributed by atoms with Gasteiger partial charge in [-0.05, 0) is 37.0 Å². The van der Waals surface area contributed by atoms with Gasteiger partial charge in [-0.1, -0.05) is 0 Å². The minimum absolute atomic E-state index is 0.159. The van der Waals surface area contributed by atoms with Crippen molar-refractivity contribution in [3.05, 3.63) is 29.3 Å². The Morgan fingerprint density at radius 1 is 1.35 bits per heavy atom. The lowest BCUT2D eigenvalue weighted by atomic mass is 9.82. The van der Waals surface area contributed by atoms with Crippen molar-refractivity contribution < 1.29 is 28.2 Å². The van der Waals surface area contributed by atoms with Crippen LogP contribution in [0, 0.1) is 5.92 Å². The highest BCUT2D eigenvalue weighted by Crippen LogP contribution is 2.33. The molecule has 20 heavy (non-hydrogen) atoms. The van der Waals surface area contributed by atoms with E-state index in [4.69, 9.17) is 10.2 Å². The Bertz CT molecular complexity index is 510. The number of anilines is 1. The molecule has 1 aliphatic rings. The van der Waals surface area contributed by atoms with Gasteiger partial charge in [-0.3, -0.25) is 0 Å². The van der Waals surface area contributed by atoms with Gasteiger partial charge in [-0.2, -0.15) is 13.2 Å². The SMILES string of the molecule is O=C(O)c1cc(C(F)(F)F)ccc1NCC1CC(O)C1. The minimum Gasteiger partial charge on any atom is -0.478 e. The first-order valence-corrected chi connectivity index (χ1v) is 6.14. The summed E-state index contributed by atoms with van der Waals surface area (Å²) in [6.07, 6.45) is -3.65. The highest BCUT2D eigenvalue weighted by molar-refractivity contribution is 5.94. The number of halogens is 3. The second kappa shape index (κ2) is 5.32. The maximum Gasteiger partial charge on any atom is 0.416 e. The van der Waals surface area contributed by atoms with E-state index in [9.17, 15) is 18.0 Å². The van der Waals surface area contributed by atoms with E-state index in [0.717, 1.165) is 12.1 Å². The molecular weight excluding hydrogens is 275 g/mol. The van der Waals surface area contributed by atoms with Gasteiger partial charge in [-0.25, -0.2) is 4.79 Å². The van der Waals surface area contributed by atoms with Crippen LogP contribution < -0.4 is 5.32 Å². The molecule has 1 aliphatic carbocycles. The fourth-order valence-corrected chi connectivity index (χ4v) is 2.17. The van der Waals surface area contributed by atoms with Crippen LogP contribution >= 0.6 is 0 Å². The first-order valence-electron chi connectivity index (χ1n) is 6.14. The predicted octanol–water partition coefficient (Wildman–Crippen LogP) is 2.59. The molecular formula is C13H14F3NO3. The quantitative estimate of drug-likeness (QED) is 0.797. The van der Waals surface area contributed by atoms with Crippen LogP contribution in [0.2, 0.25) is 0 Å². The van der Waals surface area contributed by atoms with Crippen molar-refractivity contribution in [2.45, 2.75) is 25.1 Å². The molecule has 0 saturated heterocycles. The molecule has 0 aliphatic heterocycles. The monoisotopic (exact) mass is 289 g/mol. The van der Waals surface area contributed by atoms with Crippen molar-refractivity contribution in [3.63, 3.8) is 0 Å². The average Bonchev–Trinajstić information content (AvgIpc) is 2.31. The average molecular weight is 289 g/mol. The Balaban J connectivity index is 2.13. The molecule has 2 rings (SSSR count). The molecule has 0 amide bonds. The summed E-state index contributed by atoms with van der Waals surface area (Å²) < 4.78 is 37.6. The van der Waals surface area contributed by atoms with Crippen LogP contribution in [0.5, 0.6) is 0 Å². The number of hydrogen-bond acceptors (Lipinski definition) is 3. The molecule has 0 aromatic heterocycles. The van der Waals surface area contributed by atoms with Gasteiger partial charge in [0.1, 0.15) is 0 Å². The van der Waals surface area contributed by atoms with E-state index in [-0.39, 0.29) is 17.7 Å². The van der Waals surface area contributed by atoms with Crippen LogP contribution in [-0.4, -0.2) is 28.8 Å². The number of carboxylic acid groups (broad SMARTS) is 1. The molecule has 7 heteroatoms. The van der Waals surface area contributed by atoms with Gasteiger partial charge in [0.05, 0.1) is 17.2 Å². The molecule has 4 nitrogen and oxygen atoms in total. The summed E-state index contributed by atoms with van der Waals surface area (Å²) in [4.78, 5) is 11.0. The zero-order valence-corrected chi connectivity index (χ0v) is 10.4. The van der Waals surface area contributed by atoms with Gasteiger partial charge in [0.2, 0.25) is 0 Å². The van der Waals surface area contributed by atoms with Gasteiger partial charge in [0.15, 0.2) is 0 Å². The van der Waals surface area contributed by atoms with Crippen LogP contribution in [0.3, 0.4) is 0 Å². The summed E-state index contributed by atoms with van der Waals surface area (Å²) in [6.45, 7) is 0.433. The molecule has 1 aromatic rings. The Labute approximate surface area is 113 Å². The third-order valence-corrected chi connectivity index (χ3v) is 3.37. The van der Waals surface area contributed by atoms with Gasteiger partial charge < -0.3 is 15.5 Å². The third kappa shape index (κ3) is 3.22. The molecule has 1 fully saturated rings. The molecule has 3 N–H and O–H groups in total. The zero-order chi connectivity index (χ0) is 14.9. The van der Waals surface area contributed by atoms with Crippen molar-refractivity contribution in [2.75, 3.05) is 11.9 Å². The Morgan fingerprint density at radius 3 is 2.50 bits per heavy atom. The summed E-state index contributed by atoms with van der Waals surface area (Å²) in [5.74, 6) is -1.19. The largest absolute Gasteiger partial charge is 0.478 e. The summed E-state index contributed by atoms with van der Waals surface area (Å²) in [6, 6.07) is 2.60. The molecule has 0 bridgehead atoms. The molecule has 0 spiro atoms. The van der Waals surface area contributed by atoms with E-state index < -0.39 is 23.3 Å². The fourth-order valence-electron chi connectivity index (χ4n) is 2.17. The normalized spacial score (nSPS) is 22.2. The van der Waals surface area contributed by atoms with Crippen LogP contribution in [-0.2, 0) is 6.18 Å². The first-order chi connectivity index (χ1) is 9.27. The van der Waals surface area contributed by atoms with Crippen molar-refractivity contribution in [2.24, 2.45) is 5.92 Å². The number of carboxylic acids is 1. The van der Waals surface area contributed by atoms with E-state index in [1.54, 1.807) is 0 Å². The van der Waals surface area contributed by atoms with Crippen LogP contribution in [0.25, 0.3) is 0 Å². The molecule has 0 unspecified atom stereocenters. The summed E-state index contributed by atoms with van der Waals surface area (Å²) in [7, 11) is 0. The van der Waals surface area contributed by atoms with E-state index >= 15 is 0 Å². The molecule has 0 heterocycles. The summed E-state index contributed by atoms with van der Waals surface area (Å²) in [5, 5.41) is 21.0. The standard InChI is InChI=1S/C13H14F3NO3/c14-13(15,16)8-1-2-11(10(5-8)12(19)20)17-6-7-3-9(18)4-7/h1-2,5,7,9,17-18H,3-4,6H2,(H,19,20). The Kier molecular flexibility index (Phi) is 3.89. The second-order valence-corrected chi connectivity index (χ2v) is 4.94. The number of carbonyl (C=O) groups is 1. The topological polar surface area (TPSA) is 69.6 Å². The minimum atomic E-state index is -4.57. The fraction of sp³-hybridized carbons (Fsp3) is 0.462. The summed E-state index contributed by atoms with van der Waals surface area (Å²) in [5.41, 5.74) is -1.23. The van der Waals surface area contributed by atoms with Crippen molar-refractivity contribution >= 4 is 11.7 Å². The lowest BCUT2D eigenvalue weighted by molar-refractivity contribution is -0.137. The number of aliphatic hydroxyl groups is 1. The van der Waals surface area contributed by atoms with E-state index in [0.29, 0.717) is 25.5 Å². The number of nitrogens with one attached hydrogen (secondary N) is 1. The van der Waals surface area contributed by atoms with Crippen LogP contribution in [0.1, 0.15) is 28.8 Å². The molecule has 0 atom stereocenters. The maximum absolute atomic E-state index is 12.5. The van der Waals surface area contributed by atoms with Crippen LogP contribution in [0.15, 0.2) is 18.2 Å². The van der Waals surface area contributed by atoms with Gasteiger partial charge in [0, 0.05) is 12.2 Å². The Morgan fingerprint density at radius 2 is 2.00 bits per heavy atom. The molecule has 0 radical (unpaired) electrons. The maximum atomic E-state index is 12.5. The zero-order valence-electron chi connectivity index (χ0n) is 10.4.